The third-order valence-corrected chi connectivity index (χ3v) is 3.22. The minimum absolute atomic E-state index is 0.0245. The molecule has 0 spiro atoms. The topological polar surface area (TPSA) is 81.4 Å². The highest BCUT2D eigenvalue weighted by atomic mass is 19.1. The molecule has 0 bridgehead atoms. The van der Waals surface area contributed by atoms with Crippen LogP contribution in [0.15, 0.2) is 36.4 Å². The Bertz CT molecular complexity index is 756. The van der Waals surface area contributed by atoms with E-state index in [0.717, 1.165) is 12.1 Å². The summed E-state index contributed by atoms with van der Waals surface area (Å²) in [5.74, 6) is -4.39. The number of nitrogens with one attached hydrogen (secondary N) is 1. The standard InChI is InChI=1S/C17H15F3N2O3/c18-11-3-1-10(2-4-11)9-25-12-7-13(19)16(14(20)8-12)17(24)22-6-5-15(21)23/h1-4,7-8H,5-6,9H2,(H2,21,23)(H,22,24). The summed E-state index contributed by atoms with van der Waals surface area (Å²) in [7, 11) is 0. The fourth-order valence-electron chi connectivity index (χ4n) is 1.99. The third kappa shape index (κ3) is 5.23. The van der Waals surface area contributed by atoms with E-state index in [1.807, 2.05) is 0 Å². The van der Waals surface area contributed by atoms with Crippen LogP contribution in [0.3, 0.4) is 0 Å². The molecule has 0 saturated heterocycles. The largest absolute Gasteiger partial charge is 0.489 e. The quantitative estimate of drug-likeness (QED) is 0.802. The van der Waals surface area contributed by atoms with E-state index >= 15 is 0 Å². The Balaban J connectivity index is 2.04. The van der Waals surface area contributed by atoms with E-state index in [4.69, 9.17) is 10.5 Å². The second-order valence-corrected chi connectivity index (χ2v) is 5.15. The number of carbonyl (C=O) groups is 2. The van der Waals surface area contributed by atoms with E-state index in [2.05, 4.69) is 5.32 Å². The van der Waals surface area contributed by atoms with Crippen molar-refractivity contribution in [2.75, 3.05) is 6.54 Å². The van der Waals surface area contributed by atoms with E-state index in [0.29, 0.717) is 5.56 Å². The minimum atomic E-state index is -1.11. The summed E-state index contributed by atoms with van der Waals surface area (Å²) >= 11 is 0. The van der Waals surface area contributed by atoms with E-state index in [9.17, 15) is 22.8 Å². The lowest BCUT2D eigenvalue weighted by Gasteiger charge is -2.10. The summed E-state index contributed by atoms with van der Waals surface area (Å²) in [6.45, 7) is -0.154. The number of rotatable bonds is 7. The molecule has 25 heavy (non-hydrogen) atoms. The van der Waals surface area contributed by atoms with Crippen molar-refractivity contribution in [3.05, 3.63) is 65.0 Å². The normalized spacial score (nSPS) is 10.4. The highest BCUT2D eigenvalue weighted by Crippen LogP contribution is 2.22. The molecular weight excluding hydrogens is 337 g/mol. The number of hydrogen-bond donors (Lipinski definition) is 2. The number of carbonyl (C=O) groups excluding carboxylic acids is 2. The van der Waals surface area contributed by atoms with Crippen LogP contribution in [0.4, 0.5) is 13.2 Å². The van der Waals surface area contributed by atoms with Crippen molar-refractivity contribution < 1.29 is 27.5 Å². The lowest BCUT2D eigenvalue weighted by Crippen LogP contribution is -2.29. The van der Waals surface area contributed by atoms with Crippen LogP contribution >= 0.6 is 0 Å². The van der Waals surface area contributed by atoms with Crippen molar-refractivity contribution in [1.82, 2.24) is 5.32 Å². The summed E-state index contributed by atoms with van der Waals surface area (Å²) in [6, 6.07) is 7.16. The fourth-order valence-corrected chi connectivity index (χ4v) is 1.99. The zero-order valence-electron chi connectivity index (χ0n) is 13.0. The Morgan fingerprint density at radius 1 is 1.04 bits per heavy atom. The Hall–Kier alpha value is -3.03. The summed E-state index contributed by atoms with van der Waals surface area (Å²) in [5, 5.41) is 2.20. The number of ether oxygens (including phenoxy) is 1. The highest BCUT2D eigenvalue weighted by molar-refractivity contribution is 5.95. The molecule has 2 aromatic carbocycles. The van der Waals surface area contributed by atoms with E-state index in [-0.39, 0.29) is 25.3 Å². The van der Waals surface area contributed by atoms with Crippen molar-refractivity contribution >= 4 is 11.8 Å². The lowest BCUT2D eigenvalue weighted by atomic mass is 10.1. The maximum atomic E-state index is 14.0. The van der Waals surface area contributed by atoms with Gasteiger partial charge in [-0.15, -0.1) is 0 Å². The molecule has 0 atom stereocenters. The SMILES string of the molecule is NC(=O)CCNC(=O)c1c(F)cc(OCc2ccc(F)cc2)cc1F. The number of primary amides is 1. The zero-order chi connectivity index (χ0) is 18.4. The van der Waals surface area contributed by atoms with Crippen molar-refractivity contribution in [1.29, 1.82) is 0 Å². The van der Waals surface area contributed by atoms with Gasteiger partial charge in [-0.2, -0.15) is 0 Å². The lowest BCUT2D eigenvalue weighted by molar-refractivity contribution is -0.117. The summed E-state index contributed by atoms with van der Waals surface area (Å²) in [5.41, 5.74) is 4.74. The van der Waals surface area contributed by atoms with Gasteiger partial charge in [0, 0.05) is 25.1 Å². The first kappa shape index (κ1) is 18.3. The van der Waals surface area contributed by atoms with Crippen LogP contribution in [-0.2, 0) is 11.4 Å². The molecule has 0 aliphatic carbocycles. The first-order valence-corrected chi connectivity index (χ1v) is 7.29. The number of benzene rings is 2. The molecule has 0 heterocycles. The second kappa shape index (κ2) is 8.18. The number of hydrogen-bond acceptors (Lipinski definition) is 3. The first-order chi connectivity index (χ1) is 11.9. The van der Waals surface area contributed by atoms with E-state index in [1.165, 1.54) is 24.3 Å². The third-order valence-electron chi connectivity index (χ3n) is 3.22. The van der Waals surface area contributed by atoms with Crippen molar-refractivity contribution in [2.45, 2.75) is 13.0 Å². The van der Waals surface area contributed by atoms with Gasteiger partial charge >= 0.3 is 0 Å². The number of nitrogens with two attached hydrogens (primary N) is 1. The van der Waals surface area contributed by atoms with Crippen molar-refractivity contribution in [2.24, 2.45) is 5.73 Å². The van der Waals surface area contributed by atoms with Gasteiger partial charge in [0.2, 0.25) is 5.91 Å². The summed E-state index contributed by atoms with van der Waals surface area (Å²) in [4.78, 5) is 22.4. The Morgan fingerprint density at radius 3 is 2.20 bits per heavy atom. The van der Waals surface area contributed by atoms with Gasteiger partial charge in [0.25, 0.3) is 5.91 Å². The minimum Gasteiger partial charge on any atom is -0.489 e. The van der Waals surface area contributed by atoms with Gasteiger partial charge in [-0.1, -0.05) is 12.1 Å². The molecule has 2 aromatic rings. The molecule has 132 valence electrons. The average molecular weight is 352 g/mol. The monoisotopic (exact) mass is 352 g/mol. The Kier molecular flexibility index (Phi) is 5.99. The van der Waals surface area contributed by atoms with Gasteiger partial charge in [-0.3, -0.25) is 9.59 Å². The fraction of sp³-hybridized carbons (Fsp3) is 0.176. The zero-order valence-corrected chi connectivity index (χ0v) is 13.0. The second-order valence-electron chi connectivity index (χ2n) is 5.15. The molecule has 8 heteroatoms. The van der Waals surface area contributed by atoms with Crippen LogP contribution in [-0.4, -0.2) is 18.4 Å². The summed E-state index contributed by atoms with van der Waals surface area (Å²) < 4.78 is 46.1. The van der Waals surface area contributed by atoms with Gasteiger partial charge in [0.05, 0.1) is 0 Å². The maximum Gasteiger partial charge on any atom is 0.257 e. The maximum absolute atomic E-state index is 14.0. The van der Waals surface area contributed by atoms with Gasteiger partial charge in [0.15, 0.2) is 0 Å². The smallest absolute Gasteiger partial charge is 0.257 e. The van der Waals surface area contributed by atoms with Gasteiger partial charge in [-0.05, 0) is 17.7 Å². The van der Waals surface area contributed by atoms with Crippen molar-refractivity contribution in [3.8, 4) is 5.75 Å². The molecule has 2 amide bonds. The van der Waals surface area contributed by atoms with Gasteiger partial charge in [0.1, 0.15) is 35.4 Å². The molecule has 0 aliphatic rings. The first-order valence-electron chi connectivity index (χ1n) is 7.29. The van der Waals surface area contributed by atoms with Crippen molar-refractivity contribution in [3.63, 3.8) is 0 Å². The molecule has 0 aromatic heterocycles. The van der Waals surface area contributed by atoms with Crippen LogP contribution in [0.5, 0.6) is 5.75 Å². The predicted molar refractivity (Wildman–Crippen MR) is 83.2 cm³/mol. The summed E-state index contributed by atoms with van der Waals surface area (Å²) in [6.07, 6.45) is -0.145. The number of amides is 2. The Morgan fingerprint density at radius 2 is 1.64 bits per heavy atom. The van der Waals surface area contributed by atoms with E-state index < -0.39 is 34.8 Å². The molecule has 0 aliphatic heterocycles. The Labute approximate surface area is 141 Å². The van der Waals surface area contributed by atoms with Crippen LogP contribution in [0, 0.1) is 17.5 Å². The molecule has 0 saturated carbocycles. The molecule has 2 rings (SSSR count). The number of halogens is 3. The van der Waals surface area contributed by atoms with Crippen LogP contribution in [0.2, 0.25) is 0 Å². The molecule has 3 N–H and O–H groups in total. The van der Waals surface area contributed by atoms with Crippen LogP contribution in [0.1, 0.15) is 22.3 Å². The average Bonchev–Trinajstić information content (AvgIpc) is 2.53. The molecular formula is C17H15F3N2O3. The van der Waals surface area contributed by atoms with Crippen LogP contribution < -0.4 is 15.8 Å². The van der Waals surface area contributed by atoms with E-state index in [1.54, 1.807) is 0 Å². The van der Waals surface area contributed by atoms with Gasteiger partial charge < -0.3 is 15.8 Å². The molecule has 0 unspecified atom stereocenters. The highest BCUT2D eigenvalue weighted by Gasteiger charge is 2.19. The molecule has 0 radical (unpaired) electrons. The van der Waals surface area contributed by atoms with Crippen LogP contribution in [0.25, 0.3) is 0 Å². The molecule has 0 fully saturated rings. The molecule has 5 nitrogen and oxygen atoms in total. The van der Waals surface area contributed by atoms with Gasteiger partial charge in [-0.25, -0.2) is 13.2 Å². The predicted octanol–water partition coefficient (Wildman–Crippen LogP) is 2.29.